The van der Waals surface area contributed by atoms with Gasteiger partial charge in [-0.25, -0.2) is 4.79 Å². The highest BCUT2D eigenvalue weighted by Crippen LogP contribution is 2.03. The predicted molar refractivity (Wildman–Crippen MR) is 31.9 cm³/mol. The van der Waals surface area contributed by atoms with Crippen LogP contribution >= 0.6 is 0 Å². The second-order valence-electron chi connectivity index (χ2n) is 2.04. The van der Waals surface area contributed by atoms with Crippen LogP contribution in [0.5, 0.6) is 0 Å². The SMILES string of the molecule is COC(=O)[C@@H]1NC(=O)[C@H]1N. The summed E-state index contributed by atoms with van der Waals surface area (Å²) < 4.78 is 4.34. The van der Waals surface area contributed by atoms with Crippen molar-refractivity contribution in [1.29, 1.82) is 0 Å². The first kappa shape index (κ1) is 7.01. The lowest BCUT2D eigenvalue weighted by Crippen LogP contribution is -2.69. The summed E-state index contributed by atoms with van der Waals surface area (Å²) in [5.74, 6) is -0.803. The van der Waals surface area contributed by atoms with Crippen LogP contribution in [-0.4, -0.2) is 31.1 Å². The number of carbonyl (C=O) groups is 2. The Hall–Kier alpha value is -1.10. The number of hydrogen-bond acceptors (Lipinski definition) is 4. The molecular formula is C5H8N2O3. The van der Waals surface area contributed by atoms with Crippen molar-refractivity contribution in [2.45, 2.75) is 12.1 Å². The van der Waals surface area contributed by atoms with Gasteiger partial charge >= 0.3 is 5.97 Å². The number of carbonyl (C=O) groups excluding carboxylic acids is 2. The van der Waals surface area contributed by atoms with Crippen LogP contribution in [0.3, 0.4) is 0 Å². The lowest BCUT2D eigenvalue weighted by atomic mass is 10.0. The summed E-state index contributed by atoms with van der Waals surface area (Å²) in [6.45, 7) is 0. The van der Waals surface area contributed by atoms with Crippen LogP contribution in [0.4, 0.5) is 0 Å². The Bertz CT molecular complexity index is 180. The van der Waals surface area contributed by atoms with E-state index in [0.717, 1.165) is 0 Å². The largest absolute Gasteiger partial charge is 0.467 e. The van der Waals surface area contributed by atoms with Crippen molar-refractivity contribution in [3.63, 3.8) is 0 Å². The minimum absolute atomic E-state index is 0.310. The molecule has 56 valence electrons. The molecule has 10 heavy (non-hydrogen) atoms. The maximum Gasteiger partial charge on any atom is 0.330 e. The molecule has 0 spiro atoms. The van der Waals surface area contributed by atoms with Crippen molar-refractivity contribution in [3.8, 4) is 0 Å². The highest BCUT2D eigenvalue weighted by Gasteiger charge is 2.42. The van der Waals surface area contributed by atoms with Crippen molar-refractivity contribution in [2.75, 3.05) is 7.11 Å². The number of ether oxygens (including phenoxy) is 1. The van der Waals surface area contributed by atoms with E-state index in [-0.39, 0.29) is 5.91 Å². The first-order valence-electron chi connectivity index (χ1n) is 2.80. The number of amides is 1. The van der Waals surface area contributed by atoms with Crippen LogP contribution in [0, 0.1) is 0 Å². The molecule has 0 bridgehead atoms. The fraction of sp³-hybridized carbons (Fsp3) is 0.600. The molecule has 1 aliphatic rings. The fourth-order valence-electron chi connectivity index (χ4n) is 0.727. The van der Waals surface area contributed by atoms with Crippen LogP contribution in [0.15, 0.2) is 0 Å². The third-order valence-corrected chi connectivity index (χ3v) is 1.41. The van der Waals surface area contributed by atoms with E-state index in [9.17, 15) is 9.59 Å². The van der Waals surface area contributed by atoms with Gasteiger partial charge in [0.15, 0.2) is 6.04 Å². The van der Waals surface area contributed by atoms with Gasteiger partial charge in [-0.2, -0.15) is 0 Å². The highest BCUT2D eigenvalue weighted by molar-refractivity contribution is 5.99. The fourth-order valence-corrected chi connectivity index (χ4v) is 0.727. The summed E-state index contributed by atoms with van der Waals surface area (Å²) in [5.41, 5.74) is 5.23. The number of β-lactam (4-membered cyclic amide) rings is 1. The van der Waals surface area contributed by atoms with E-state index in [1.165, 1.54) is 7.11 Å². The van der Waals surface area contributed by atoms with Crippen molar-refractivity contribution in [1.82, 2.24) is 5.32 Å². The third-order valence-electron chi connectivity index (χ3n) is 1.41. The molecule has 1 aliphatic heterocycles. The number of rotatable bonds is 1. The molecule has 1 heterocycles. The van der Waals surface area contributed by atoms with Crippen molar-refractivity contribution >= 4 is 11.9 Å². The van der Waals surface area contributed by atoms with Gasteiger partial charge in [0.2, 0.25) is 5.91 Å². The van der Waals surface area contributed by atoms with E-state index in [4.69, 9.17) is 5.73 Å². The molecule has 2 atom stereocenters. The lowest BCUT2D eigenvalue weighted by molar-refractivity contribution is -0.152. The summed E-state index contributed by atoms with van der Waals surface area (Å²) in [6.07, 6.45) is 0. The minimum Gasteiger partial charge on any atom is -0.467 e. The minimum atomic E-state index is -0.729. The number of hydrogen-bond donors (Lipinski definition) is 2. The number of nitrogens with two attached hydrogens (primary N) is 1. The molecular weight excluding hydrogens is 136 g/mol. The molecule has 3 N–H and O–H groups in total. The molecule has 1 amide bonds. The Kier molecular flexibility index (Phi) is 1.58. The van der Waals surface area contributed by atoms with E-state index >= 15 is 0 Å². The number of esters is 1. The van der Waals surface area contributed by atoms with E-state index in [1.807, 2.05) is 0 Å². The highest BCUT2D eigenvalue weighted by atomic mass is 16.5. The summed E-state index contributed by atoms with van der Waals surface area (Å²) in [6, 6.07) is -1.37. The molecule has 0 saturated carbocycles. The molecule has 1 rings (SSSR count). The van der Waals surface area contributed by atoms with Crippen LogP contribution in [-0.2, 0) is 14.3 Å². The molecule has 0 unspecified atom stereocenters. The van der Waals surface area contributed by atoms with Gasteiger partial charge < -0.3 is 15.8 Å². The Balaban J connectivity index is 2.47. The standard InChI is InChI=1S/C5H8N2O3/c1-10-5(9)3-2(6)4(8)7-3/h2-3H,6H2,1H3,(H,7,8)/t2-,3+/m0/s1. The molecule has 0 aromatic carbocycles. The summed E-state index contributed by atoms with van der Waals surface area (Å²) in [5, 5.41) is 2.30. The Morgan fingerprint density at radius 3 is 2.70 bits per heavy atom. The average Bonchev–Trinajstić information content (AvgIpc) is 1.98. The molecule has 0 aromatic heterocycles. The first-order chi connectivity index (χ1) is 4.66. The molecule has 5 heteroatoms. The molecule has 1 fully saturated rings. The summed E-state index contributed by atoms with van der Waals surface area (Å²) in [7, 11) is 1.25. The van der Waals surface area contributed by atoms with E-state index in [1.54, 1.807) is 0 Å². The summed E-state index contributed by atoms with van der Waals surface area (Å²) >= 11 is 0. The Morgan fingerprint density at radius 2 is 2.40 bits per heavy atom. The quantitative estimate of drug-likeness (QED) is 0.329. The van der Waals surface area contributed by atoms with E-state index in [2.05, 4.69) is 10.1 Å². The molecule has 0 radical (unpaired) electrons. The zero-order valence-corrected chi connectivity index (χ0v) is 5.46. The summed E-state index contributed by atoms with van der Waals surface area (Å²) in [4.78, 5) is 21.1. The molecule has 0 aromatic rings. The average molecular weight is 144 g/mol. The maximum atomic E-state index is 10.6. The van der Waals surface area contributed by atoms with E-state index in [0.29, 0.717) is 0 Å². The number of methoxy groups -OCH3 is 1. The lowest BCUT2D eigenvalue weighted by Gasteiger charge is -2.30. The first-order valence-corrected chi connectivity index (χ1v) is 2.80. The zero-order chi connectivity index (χ0) is 7.72. The molecule has 0 aliphatic carbocycles. The number of nitrogens with one attached hydrogen (secondary N) is 1. The van der Waals surface area contributed by atoms with Gasteiger partial charge in [0.05, 0.1) is 7.11 Å². The predicted octanol–water partition coefficient (Wildman–Crippen LogP) is -2.01. The van der Waals surface area contributed by atoms with Gasteiger partial charge in [0, 0.05) is 0 Å². The zero-order valence-electron chi connectivity index (χ0n) is 5.46. The third kappa shape index (κ3) is 0.841. The molecule has 1 saturated heterocycles. The van der Waals surface area contributed by atoms with Gasteiger partial charge in [-0.3, -0.25) is 4.79 Å². The van der Waals surface area contributed by atoms with E-state index < -0.39 is 18.1 Å². The van der Waals surface area contributed by atoms with Gasteiger partial charge in [0.1, 0.15) is 6.04 Å². The maximum absolute atomic E-state index is 10.6. The van der Waals surface area contributed by atoms with Crippen LogP contribution in [0.25, 0.3) is 0 Å². The van der Waals surface area contributed by atoms with Gasteiger partial charge in [0.25, 0.3) is 0 Å². The van der Waals surface area contributed by atoms with Crippen LogP contribution in [0.2, 0.25) is 0 Å². The monoisotopic (exact) mass is 144 g/mol. The van der Waals surface area contributed by atoms with Crippen molar-refractivity contribution in [3.05, 3.63) is 0 Å². The Morgan fingerprint density at radius 1 is 1.80 bits per heavy atom. The van der Waals surface area contributed by atoms with Crippen LogP contribution in [0.1, 0.15) is 0 Å². The Labute approximate surface area is 57.5 Å². The van der Waals surface area contributed by atoms with Crippen molar-refractivity contribution in [2.24, 2.45) is 5.73 Å². The van der Waals surface area contributed by atoms with Gasteiger partial charge in [-0.15, -0.1) is 0 Å². The van der Waals surface area contributed by atoms with Gasteiger partial charge in [-0.1, -0.05) is 0 Å². The van der Waals surface area contributed by atoms with Crippen molar-refractivity contribution < 1.29 is 14.3 Å². The van der Waals surface area contributed by atoms with Gasteiger partial charge in [-0.05, 0) is 0 Å². The second kappa shape index (κ2) is 2.26. The normalized spacial score (nSPS) is 30.4. The van der Waals surface area contributed by atoms with Crippen LogP contribution < -0.4 is 11.1 Å². The topological polar surface area (TPSA) is 81.4 Å². The smallest absolute Gasteiger partial charge is 0.330 e. The molecule has 5 nitrogen and oxygen atoms in total. The second-order valence-corrected chi connectivity index (χ2v) is 2.04.